The van der Waals surface area contributed by atoms with E-state index in [1.807, 2.05) is 13.0 Å². The molecule has 2 aliphatic rings. The summed E-state index contributed by atoms with van der Waals surface area (Å²) in [6, 6.07) is 9.52. The molecule has 1 saturated heterocycles. The molecule has 1 heterocycles. The molecule has 1 aliphatic heterocycles. The van der Waals surface area contributed by atoms with Crippen molar-refractivity contribution in [2.24, 2.45) is 11.8 Å². The molecule has 2 aromatic carbocycles. The molecule has 1 fully saturated rings. The van der Waals surface area contributed by atoms with Crippen LogP contribution in [0.5, 0.6) is 0 Å². The molecule has 182 valence electrons. The van der Waals surface area contributed by atoms with Gasteiger partial charge in [0, 0.05) is 22.0 Å². The minimum Gasteiger partial charge on any atom is -0.292 e. The number of ketones is 1. The zero-order valence-electron chi connectivity index (χ0n) is 18.9. The Bertz CT molecular complexity index is 1200. The second-order valence-corrected chi connectivity index (χ2v) is 9.53. The van der Waals surface area contributed by atoms with Crippen molar-refractivity contribution in [3.63, 3.8) is 0 Å². The van der Waals surface area contributed by atoms with Crippen LogP contribution in [0, 0.1) is 17.7 Å². The predicted molar refractivity (Wildman–Crippen MR) is 129 cm³/mol. The zero-order chi connectivity index (χ0) is 25.3. The summed E-state index contributed by atoms with van der Waals surface area (Å²) in [4.78, 5) is 54.3. The fraction of sp³-hybridized carbons (Fsp3) is 0.308. The molecule has 0 aromatic heterocycles. The van der Waals surface area contributed by atoms with E-state index in [1.165, 1.54) is 36.4 Å². The maximum atomic E-state index is 13.8. The highest BCUT2D eigenvalue weighted by Crippen LogP contribution is 2.39. The van der Waals surface area contributed by atoms with Crippen LogP contribution in [-0.4, -0.2) is 45.4 Å². The van der Waals surface area contributed by atoms with Crippen LogP contribution in [0.2, 0.25) is 5.02 Å². The van der Waals surface area contributed by atoms with Gasteiger partial charge < -0.3 is 0 Å². The minimum atomic E-state index is -1.26. The summed E-state index contributed by atoms with van der Waals surface area (Å²) in [5.41, 5.74) is 1.26. The quantitative estimate of drug-likeness (QED) is 0.223. The summed E-state index contributed by atoms with van der Waals surface area (Å²) >= 11 is 12.0. The third kappa shape index (κ3) is 4.88. The van der Waals surface area contributed by atoms with Crippen LogP contribution < -0.4 is 0 Å². The predicted octanol–water partition coefficient (Wildman–Crippen LogP) is 5.06. The zero-order valence-corrected chi connectivity index (χ0v) is 20.4. The number of hydrogen-bond acceptors (Lipinski definition) is 4. The minimum absolute atomic E-state index is 0.0221. The summed E-state index contributed by atoms with van der Waals surface area (Å²) in [7, 11) is 0. The van der Waals surface area contributed by atoms with E-state index in [0.717, 1.165) is 27.7 Å². The fourth-order valence-corrected chi connectivity index (χ4v) is 4.94. The number of fused-ring (bicyclic) bond motifs is 1. The van der Waals surface area contributed by atoms with Gasteiger partial charge in [-0.05, 0) is 74.7 Å². The molecule has 3 amide bonds. The topological polar surface area (TPSA) is 74.8 Å². The van der Waals surface area contributed by atoms with Gasteiger partial charge in [0.25, 0.3) is 17.7 Å². The maximum Gasteiger partial charge on any atom is 0.273 e. The second-order valence-electron chi connectivity index (χ2n) is 8.71. The van der Waals surface area contributed by atoms with Gasteiger partial charge in [-0.3, -0.25) is 19.2 Å². The molecular weight excluding hydrogens is 494 g/mol. The molecular formula is C26H23Cl2FN2O4. The van der Waals surface area contributed by atoms with Crippen molar-refractivity contribution in [3.05, 3.63) is 82.1 Å². The van der Waals surface area contributed by atoms with Gasteiger partial charge in [-0.15, -0.1) is 11.6 Å². The maximum absolute atomic E-state index is 13.8. The molecule has 0 spiro atoms. The standard InChI is InChI=1S/C26H23Cl2FN2O4/c1-15-2-11-20-21(14-15)26(35)31(25(20)34)30(24(33)17-3-7-18(28)8-4-17)22(12-13-27)23(32)16-5-9-19(29)10-6-16/h2-10,20-22H,11-14H2,1H3/t20-,21-,22+/m0/s1. The normalized spacial score (nSPS) is 20.3. The molecule has 1 aliphatic carbocycles. The number of imide groups is 1. The van der Waals surface area contributed by atoms with E-state index in [-0.39, 0.29) is 23.4 Å². The summed E-state index contributed by atoms with van der Waals surface area (Å²) in [5.74, 6) is -4.09. The van der Waals surface area contributed by atoms with E-state index in [1.54, 1.807) is 0 Å². The number of carbonyl (C=O) groups excluding carboxylic acids is 4. The number of amides is 3. The third-order valence-corrected chi connectivity index (χ3v) is 6.89. The van der Waals surface area contributed by atoms with Crippen LogP contribution in [0.4, 0.5) is 4.39 Å². The first-order chi connectivity index (χ1) is 16.7. The number of carbonyl (C=O) groups is 4. The number of rotatable bonds is 7. The van der Waals surface area contributed by atoms with Crippen molar-refractivity contribution in [2.75, 3.05) is 5.88 Å². The molecule has 4 rings (SSSR count). The van der Waals surface area contributed by atoms with E-state index in [9.17, 15) is 23.6 Å². The van der Waals surface area contributed by atoms with E-state index in [0.29, 0.717) is 17.9 Å². The van der Waals surface area contributed by atoms with Crippen LogP contribution in [0.3, 0.4) is 0 Å². The molecule has 0 bridgehead atoms. The second kappa shape index (κ2) is 10.3. The van der Waals surface area contributed by atoms with Gasteiger partial charge in [-0.25, -0.2) is 9.40 Å². The Hall–Kier alpha value is -3.03. The van der Waals surface area contributed by atoms with E-state index in [2.05, 4.69) is 0 Å². The largest absolute Gasteiger partial charge is 0.292 e. The number of allylic oxidation sites excluding steroid dienone is 2. The van der Waals surface area contributed by atoms with Gasteiger partial charge in [-0.1, -0.05) is 23.3 Å². The lowest BCUT2D eigenvalue weighted by atomic mass is 9.82. The Labute approximate surface area is 212 Å². The lowest BCUT2D eigenvalue weighted by Crippen LogP contribution is -2.57. The van der Waals surface area contributed by atoms with Gasteiger partial charge in [0.05, 0.1) is 11.8 Å². The number of hydrogen-bond donors (Lipinski definition) is 0. The van der Waals surface area contributed by atoms with Crippen LogP contribution >= 0.6 is 23.2 Å². The van der Waals surface area contributed by atoms with E-state index >= 15 is 0 Å². The highest BCUT2D eigenvalue weighted by atomic mass is 35.5. The van der Waals surface area contributed by atoms with E-state index in [4.69, 9.17) is 23.2 Å². The van der Waals surface area contributed by atoms with Crippen molar-refractivity contribution in [1.29, 1.82) is 0 Å². The molecule has 0 saturated carbocycles. The molecule has 0 N–H and O–H groups in total. The van der Waals surface area contributed by atoms with Crippen molar-refractivity contribution < 1.29 is 23.6 Å². The van der Waals surface area contributed by atoms with E-state index < -0.39 is 47.2 Å². The molecule has 35 heavy (non-hydrogen) atoms. The Morgan fingerprint density at radius 3 is 2.26 bits per heavy atom. The number of hydrazine groups is 1. The van der Waals surface area contributed by atoms with Gasteiger partial charge in [0.1, 0.15) is 11.9 Å². The van der Waals surface area contributed by atoms with Crippen LogP contribution in [0.25, 0.3) is 0 Å². The molecule has 0 radical (unpaired) electrons. The fourth-order valence-electron chi connectivity index (χ4n) is 4.60. The summed E-state index contributed by atoms with van der Waals surface area (Å²) < 4.78 is 13.5. The Morgan fingerprint density at radius 1 is 1.03 bits per heavy atom. The number of halogens is 3. The Balaban J connectivity index is 1.80. The molecule has 2 aromatic rings. The summed E-state index contributed by atoms with van der Waals surface area (Å²) in [6.07, 6.45) is 2.68. The van der Waals surface area contributed by atoms with Gasteiger partial charge in [0.15, 0.2) is 5.78 Å². The van der Waals surface area contributed by atoms with Crippen molar-refractivity contribution in [3.8, 4) is 0 Å². The third-order valence-electron chi connectivity index (χ3n) is 6.42. The highest BCUT2D eigenvalue weighted by molar-refractivity contribution is 6.30. The van der Waals surface area contributed by atoms with Crippen molar-refractivity contribution in [2.45, 2.75) is 32.2 Å². The Kier molecular flexibility index (Phi) is 7.38. The van der Waals surface area contributed by atoms with Gasteiger partial charge >= 0.3 is 0 Å². The van der Waals surface area contributed by atoms with Crippen molar-refractivity contribution >= 4 is 46.7 Å². The smallest absolute Gasteiger partial charge is 0.273 e. The number of nitrogens with zero attached hydrogens (tertiary/aromatic N) is 2. The lowest BCUT2D eigenvalue weighted by molar-refractivity contribution is -0.156. The number of Topliss-reactive ketones (excluding diaryl/α,β-unsaturated/α-hetero) is 1. The lowest BCUT2D eigenvalue weighted by Gasteiger charge is -2.36. The number of benzene rings is 2. The van der Waals surface area contributed by atoms with Crippen molar-refractivity contribution in [1.82, 2.24) is 10.0 Å². The first-order valence-electron chi connectivity index (χ1n) is 11.2. The first kappa shape index (κ1) is 25.1. The summed E-state index contributed by atoms with van der Waals surface area (Å²) in [5, 5.41) is 2.17. The molecule has 6 nitrogen and oxygen atoms in total. The molecule has 0 unspecified atom stereocenters. The Morgan fingerprint density at radius 2 is 1.63 bits per heavy atom. The van der Waals surface area contributed by atoms with Gasteiger partial charge in [0.2, 0.25) is 0 Å². The average Bonchev–Trinajstić information content (AvgIpc) is 3.08. The molecule has 3 atom stereocenters. The highest BCUT2D eigenvalue weighted by Gasteiger charge is 2.53. The van der Waals surface area contributed by atoms with Gasteiger partial charge in [-0.2, -0.15) is 5.01 Å². The van der Waals surface area contributed by atoms with Crippen LogP contribution in [0.15, 0.2) is 60.2 Å². The van der Waals surface area contributed by atoms with Crippen LogP contribution in [0.1, 0.15) is 46.9 Å². The number of alkyl halides is 1. The SMILES string of the molecule is CC1=CC[C@@H]2C(=O)N(N(C(=O)c3ccc(Cl)cc3)[C@H](CCCl)C(=O)c3ccc(F)cc3)C(=O)[C@H]2C1. The monoisotopic (exact) mass is 516 g/mol. The first-order valence-corrected chi connectivity index (χ1v) is 12.1. The van der Waals surface area contributed by atoms with Crippen LogP contribution in [-0.2, 0) is 9.59 Å². The molecule has 9 heteroatoms. The average molecular weight is 517 g/mol. The summed E-state index contributed by atoms with van der Waals surface area (Å²) in [6.45, 7) is 1.89.